The molecule has 0 rings (SSSR count). The van der Waals surface area contributed by atoms with Crippen LogP contribution in [0, 0.1) is 5.41 Å². The topological polar surface area (TPSA) is 37.3 Å². The molecule has 0 amide bonds. The van der Waals surface area contributed by atoms with Crippen molar-refractivity contribution < 1.29 is 9.90 Å². The van der Waals surface area contributed by atoms with Crippen molar-refractivity contribution in [2.45, 2.75) is 207 Å². The first-order chi connectivity index (χ1) is 17.6. The molecule has 0 radical (unpaired) electrons. The van der Waals surface area contributed by atoms with E-state index in [1.165, 1.54) is 148 Å². The Morgan fingerprint density at radius 2 is 0.583 bits per heavy atom. The molecule has 216 valence electrons. The minimum atomic E-state index is -0.497. The van der Waals surface area contributed by atoms with Gasteiger partial charge in [-0.1, -0.05) is 188 Å². The quantitative estimate of drug-likeness (QED) is 0.0979. The van der Waals surface area contributed by atoms with Crippen molar-refractivity contribution in [1.82, 2.24) is 0 Å². The molecule has 0 unspecified atom stereocenters. The average Bonchev–Trinajstić information content (AvgIpc) is 2.87. The molecule has 1 N–H and O–H groups in total. The second-order valence-electron chi connectivity index (χ2n) is 12.0. The number of unbranched alkanes of at least 4 members (excludes halogenated alkanes) is 23. The molecule has 0 fully saturated rings. The van der Waals surface area contributed by atoms with E-state index in [2.05, 4.69) is 20.8 Å². The van der Waals surface area contributed by atoms with E-state index in [-0.39, 0.29) is 0 Å². The highest BCUT2D eigenvalue weighted by atomic mass is 16.4. The number of hydrogen-bond donors (Lipinski definition) is 1. The van der Waals surface area contributed by atoms with Crippen LogP contribution < -0.4 is 0 Å². The van der Waals surface area contributed by atoms with Gasteiger partial charge in [-0.2, -0.15) is 0 Å². The summed E-state index contributed by atoms with van der Waals surface area (Å²) < 4.78 is 0. The van der Waals surface area contributed by atoms with Crippen LogP contribution in [-0.2, 0) is 4.79 Å². The van der Waals surface area contributed by atoms with Crippen LogP contribution in [0.15, 0.2) is 0 Å². The Balaban J connectivity index is 4.35. The highest BCUT2D eigenvalue weighted by Gasteiger charge is 2.36. The zero-order chi connectivity index (χ0) is 26.6. The summed E-state index contributed by atoms with van der Waals surface area (Å²) in [5.41, 5.74) is -0.453. The van der Waals surface area contributed by atoms with Gasteiger partial charge >= 0.3 is 5.97 Å². The molecule has 0 aromatic rings. The zero-order valence-corrected chi connectivity index (χ0v) is 25.4. The van der Waals surface area contributed by atoms with Gasteiger partial charge in [0, 0.05) is 0 Å². The molecule has 0 bridgehead atoms. The first kappa shape index (κ1) is 35.5. The summed E-state index contributed by atoms with van der Waals surface area (Å²) in [6, 6.07) is 0. The van der Waals surface area contributed by atoms with Gasteiger partial charge in [-0.05, 0) is 19.3 Å². The van der Waals surface area contributed by atoms with Gasteiger partial charge in [0.1, 0.15) is 0 Å². The van der Waals surface area contributed by atoms with E-state index in [0.29, 0.717) is 0 Å². The summed E-state index contributed by atoms with van der Waals surface area (Å²) in [5.74, 6) is -0.497. The van der Waals surface area contributed by atoms with E-state index in [9.17, 15) is 9.90 Å². The minimum Gasteiger partial charge on any atom is -0.481 e. The fraction of sp³-hybridized carbons (Fsp3) is 0.971. The van der Waals surface area contributed by atoms with E-state index in [4.69, 9.17) is 0 Å². The van der Waals surface area contributed by atoms with Crippen molar-refractivity contribution in [2.75, 3.05) is 0 Å². The van der Waals surface area contributed by atoms with Gasteiger partial charge in [0.25, 0.3) is 0 Å². The number of aliphatic carboxylic acids is 1. The minimum absolute atomic E-state index is 0.453. The van der Waals surface area contributed by atoms with E-state index < -0.39 is 11.4 Å². The lowest BCUT2D eigenvalue weighted by Gasteiger charge is -2.30. The Morgan fingerprint density at radius 1 is 0.389 bits per heavy atom. The number of carbonyl (C=O) groups is 1. The Hall–Kier alpha value is -0.530. The van der Waals surface area contributed by atoms with Crippen molar-refractivity contribution in [3.8, 4) is 0 Å². The molecule has 0 aromatic carbocycles. The van der Waals surface area contributed by atoms with E-state index in [1.54, 1.807) is 0 Å². The molecule has 0 aliphatic rings. The van der Waals surface area contributed by atoms with Crippen LogP contribution in [-0.4, -0.2) is 11.1 Å². The smallest absolute Gasteiger partial charge is 0.309 e. The van der Waals surface area contributed by atoms with Gasteiger partial charge in [-0.15, -0.1) is 0 Å². The molecule has 0 aliphatic heterocycles. The van der Waals surface area contributed by atoms with Crippen LogP contribution in [0.25, 0.3) is 0 Å². The predicted molar refractivity (Wildman–Crippen MR) is 161 cm³/mol. The lowest BCUT2D eigenvalue weighted by molar-refractivity contribution is -0.150. The Kier molecular flexibility index (Phi) is 27.1. The molecule has 2 heteroatoms. The maximum Gasteiger partial charge on any atom is 0.309 e. The van der Waals surface area contributed by atoms with Gasteiger partial charge in [-0.25, -0.2) is 0 Å². The molecule has 0 atom stereocenters. The first-order valence-electron chi connectivity index (χ1n) is 16.9. The third-order valence-electron chi connectivity index (χ3n) is 8.48. The van der Waals surface area contributed by atoms with Crippen molar-refractivity contribution >= 4 is 5.97 Å². The standard InChI is InChI=1S/C34H68O2/c1-4-7-10-13-16-18-20-22-25-28-31-34(33(35)36,30-27-24-15-12-9-6-3)32-29-26-23-21-19-17-14-11-8-5-2/h4-32H2,1-3H3,(H,35,36). The largest absolute Gasteiger partial charge is 0.481 e. The van der Waals surface area contributed by atoms with Crippen molar-refractivity contribution in [3.05, 3.63) is 0 Å². The third kappa shape index (κ3) is 21.5. The van der Waals surface area contributed by atoms with E-state index in [0.717, 1.165) is 38.5 Å². The van der Waals surface area contributed by atoms with Crippen LogP contribution in [0.4, 0.5) is 0 Å². The molecule has 0 saturated heterocycles. The number of hydrogen-bond acceptors (Lipinski definition) is 1. The van der Waals surface area contributed by atoms with Gasteiger partial charge in [-0.3, -0.25) is 4.79 Å². The zero-order valence-electron chi connectivity index (χ0n) is 25.4. The Bertz CT molecular complexity index is 420. The molecule has 0 aliphatic carbocycles. The third-order valence-corrected chi connectivity index (χ3v) is 8.48. The van der Waals surface area contributed by atoms with Gasteiger partial charge in [0.2, 0.25) is 0 Å². The summed E-state index contributed by atoms with van der Waals surface area (Å²) in [6.45, 7) is 6.81. The molecule has 0 spiro atoms. The number of carboxylic acid groups (broad SMARTS) is 1. The Morgan fingerprint density at radius 3 is 0.778 bits per heavy atom. The SMILES string of the molecule is CCCCCCCCCCCCC(CCCCCCCC)(CCCCCCCCCCCC)C(=O)O. The van der Waals surface area contributed by atoms with Gasteiger partial charge < -0.3 is 5.11 Å². The lowest BCUT2D eigenvalue weighted by Crippen LogP contribution is -2.31. The Labute approximate surface area is 228 Å². The summed E-state index contributed by atoms with van der Waals surface area (Å²) in [6.07, 6.45) is 36.6. The summed E-state index contributed by atoms with van der Waals surface area (Å²) >= 11 is 0. The van der Waals surface area contributed by atoms with Crippen LogP contribution in [0.5, 0.6) is 0 Å². The summed E-state index contributed by atoms with van der Waals surface area (Å²) in [5, 5.41) is 10.4. The van der Waals surface area contributed by atoms with Crippen LogP contribution in [0.1, 0.15) is 207 Å². The molecule has 0 heterocycles. The van der Waals surface area contributed by atoms with E-state index >= 15 is 0 Å². The molecule has 36 heavy (non-hydrogen) atoms. The van der Waals surface area contributed by atoms with Crippen molar-refractivity contribution in [1.29, 1.82) is 0 Å². The van der Waals surface area contributed by atoms with Gasteiger partial charge in [0.05, 0.1) is 5.41 Å². The van der Waals surface area contributed by atoms with Crippen molar-refractivity contribution in [3.63, 3.8) is 0 Å². The maximum atomic E-state index is 12.6. The fourth-order valence-corrected chi connectivity index (χ4v) is 5.84. The predicted octanol–water partition coefficient (Wildman–Crippen LogP) is 12.4. The second-order valence-corrected chi connectivity index (χ2v) is 12.0. The molecule has 0 saturated carbocycles. The first-order valence-corrected chi connectivity index (χ1v) is 16.9. The second kappa shape index (κ2) is 27.5. The lowest BCUT2D eigenvalue weighted by atomic mass is 9.74. The van der Waals surface area contributed by atoms with Crippen LogP contribution in [0.3, 0.4) is 0 Å². The number of carboxylic acids is 1. The average molecular weight is 509 g/mol. The van der Waals surface area contributed by atoms with Gasteiger partial charge in [0.15, 0.2) is 0 Å². The van der Waals surface area contributed by atoms with Crippen molar-refractivity contribution in [2.24, 2.45) is 5.41 Å². The highest BCUT2D eigenvalue weighted by molar-refractivity contribution is 5.74. The number of rotatable bonds is 30. The van der Waals surface area contributed by atoms with Crippen LogP contribution in [0.2, 0.25) is 0 Å². The molecule has 0 aromatic heterocycles. The normalized spacial score (nSPS) is 11.9. The maximum absolute atomic E-state index is 12.6. The molecule has 2 nitrogen and oxygen atoms in total. The fourth-order valence-electron chi connectivity index (χ4n) is 5.84. The highest BCUT2D eigenvalue weighted by Crippen LogP contribution is 2.38. The van der Waals surface area contributed by atoms with E-state index in [1.807, 2.05) is 0 Å². The van der Waals surface area contributed by atoms with Crippen LogP contribution >= 0.6 is 0 Å². The summed E-state index contributed by atoms with van der Waals surface area (Å²) in [4.78, 5) is 12.6. The molecular weight excluding hydrogens is 440 g/mol. The molecular formula is C34H68O2. The monoisotopic (exact) mass is 509 g/mol. The summed E-state index contributed by atoms with van der Waals surface area (Å²) in [7, 11) is 0.